The molecular formula is C15H12ClF3. The minimum atomic E-state index is -0.640. The van der Waals surface area contributed by atoms with Crippen molar-refractivity contribution in [1.82, 2.24) is 0 Å². The molecule has 0 radical (unpaired) electrons. The molecule has 0 fully saturated rings. The predicted molar refractivity (Wildman–Crippen MR) is 69.8 cm³/mol. The standard InChI is InChI=1S/C15H12ClF3/c1-9-4-11(6-13(18)5-9)14(16)7-10-2-3-12(17)8-15(10)19/h2-6,8,14H,7H2,1H3. The zero-order chi connectivity index (χ0) is 14.0. The van der Waals surface area contributed by atoms with E-state index in [1.807, 2.05) is 0 Å². The van der Waals surface area contributed by atoms with E-state index in [0.29, 0.717) is 11.1 Å². The molecule has 0 aromatic heterocycles. The summed E-state index contributed by atoms with van der Waals surface area (Å²) in [5.74, 6) is -1.65. The van der Waals surface area contributed by atoms with Gasteiger partial charge in [0.25, 0.3) is 0 Å². The Bertz CT molecular complexity index is 576. The quantitative estimate of drug-likeness (QED) is 0.701. The molecule has 100 valence electrons. The Balaban J connectivity index is 2.22. The highest BCUT2D eigenvalue weighted by atomic mass is 35.5. The fourth-order valence-corrected chi connectivity index (χ4v) is 2.24. The van der Waals surface area contributed by atoms with Crippen LogP contribution in [-0.2, 0) is 6.42 Å². The van der Waals surface area contributed by atoms with Gasteiger partial charge in [-0.1, -0.05) is 12.1 Å². The monoisotopic (exact) mass is 284 g/mol. The Kier molecular flexibility index (Phi) is 4.15. The van der Waals surface area contributed by atoms with Crippen molar-refractivity contribution in [2.24, 2.45) is 0 Å². The Morgan fingerprint density at radius 3 is 2.37 bits per heavy atom. The highest BCUT2D eigenvalue weighted by Gasteiger charge is 2.13. The van der Waals surface area contributed by atoms with Crippen LogP contribution in [0, 0.1) is 24.4 Å². The number of aryl methyl sites for hydroxylation is 1. The fraction of sp³-hybridized carbons (Fsp3) is 0.200. The van der Waals surface area contributed by atoms with Gasteiger partial charge in [-0.2, -0.15) is 0 Å². The predicted octanol–water partition coefficient (Wildman–Crippen LogP) is 4.93. The number of halogens is 4. The van der Waals surface area contributed by atoms with E-state index in [4.69, 9.17) is 11.6 Å². The third-order valence-electron chi connectivity index (χ3n) is 2.84. The molecule has 0 amide bonds. The van der Waals surface area contributed by atoms with Gasteiger partial charge in [0.15, 0.2) is 0 Å². The first-order valence-electron chi connectivity index (χ1n) is 5.81. The number of hydrogen-bond donors (Lipinski definition) is 0. The van der Waals surface area contributed by atoms with Crippen molar-refractivity contribution >= 4 is 11.6 Å². The van der Waals surface area contributed by atoms with Crippen LogP contribution in [0.4, 0.5) is 13.2 Å². The van der Waals surface area contributed by atoms with E-state index in [9.17, 15) is 13.2 Å². The highest BCUT2D eigenvalue weighted by molar-refractivity contribution is 6.20. The van der Waals surface area contributed by atoms with E-state index >= 15 is 0 Å². The molecule has 0 nitrogen and oxygen atoms in total. The van der Waals surface area contributed by atoms with Gasteiger partial charge in [-0.3, -0.25) is 0 Å². The summed E-state index contributed by atoms with van der Waals surface area (Å²) >= 11 is 6.17. The normalized spacial score (nSPS) is 12.5. The molecule has 2 aromatic carbocycles. The van der Waals surface area contributed by atoms with E-state index in [1.54, 1.807) is 13.0 Å². The molecule has 0 aliphatic heterocycles. The first kappa shape index (κ1) is 13.9. The number of hydrogen-bond acceptors (Lipinski definition) is 0. The fourth-order valence-electron chi connectivity index (χ4n) is 1.94. The smallest absolute Gasteiger partial charge is 0.129 e. The van der Waals surface area contributed by atoms with Gasteiger partial charge in [0.1, 0.15) is 17.5 Å². The van der Waals surface area contributed by atoms with Gasteiger partial charge in [0.05, 0.1) is 5.38 Å². The number of rotatable bonds is 3. The molecule has 0 N–H and O–H groups in total. The first-order valence-corrected chi connectivity index (χ1v) is 6.24. The highest BCUT2D eigenvalue weighted by Crippen LogP contribution is 2.27. The van der Waals surface area contributed by atoms with Crippen LogP contribution in [0.3, 0.4) is 0 Å². The zero-order valence-electron chi connectivity index (χ0n) is 10.3. The van der Waals surface area contributed by atoms with Crippen LogP contribution < -0.4 is 0 Å². The Morgan fingerprint density at radius 2 is 1.74 bits per heavy atom. The van der Waals surface area contributed by atoms with Gasteiger partial charge in [-0.15, -0.1) is 11.6 Å². The summed E-state index contributed by atoms with van der Waals surface area (Å²) in [4.78, 5) is 0. The van der Waals surface area contributed by atoms with Crippen LogP contribution in [0.15, 0.2) is 36.4 Å². The lowest BCUT2D eigenvalue weighted by atomic mass is 10.0. The van der Waals surface area contributed by atoms with Gasteiger partial charge < -0.3 is 0 Å². The summed E-state index contributed by atoms with van der Waals surface area (Å²) < 4.78 is 39.6. The van der Waals surface area contributed by atoms with E-state index < -0.39 is 17.0 Å². The van der Waals surface area contributed by atoms with E-state index in [0.717, 1.165) is 11.6 Å². The van der Waals surface area contributed by atoms with Crippen molar-refractivity contribution in [2.75, 3.05) is 0 Å². The van der Waals surface area contributed by atoms with Crippen LogP contribution in [0.5, 0.6) is 0 Å². The van der Waals surface area contributed by atoms with Crippen molar-refractivity contribution in [2.45, 2.75) is 18.7 Å². The Hall–Kier alpha value is -1.48. The molecule has 1 unspecified atom stereocenters. The molecule has 1 atom stereocenters. The van der Waals surface area contributed by atoms with Crippen molar-refractivity contribution in [3.05, 3.63) is 70.5 Å². The van der Waals surface area contributed by atoms with Crippen LogP contribution >= 0.6 is 11.6 Å². The molecule has 19 heavy (non-hydrogen) atoms. The SMILES string of the molecule is Cc1cc(F)cc(C(Cl)Cc2ccc(F)cc2F)c1. The van der Waals surface area contributed by atoms with Crippen molar-refractivity contribution in [1.29, 1.82) is 0 Å². The second-order valence-corrected chi connectivity index (χ2v) is 5.00. The average molecular weight is 285 g/mol. The molecule has 2 aromatic rings. The van der Waals surface area contributed by atoms with Crippen LogP contribution in [0.1, 0.15) is 22.1 Å². The second-order valence-electron chi connectivity index (χ2n) is 4.47. The van der Waals surface area contributed by atoms with Crippen LogP contribution in [0.2, 0.25) is 0 Å². The van der Waals surface area contributed by atoms with Gasteiger partial charge in [-0.05, 0) is 48.2 Å². The average Bonchev–Trinajstić information content (AvgIpc) is 2.31. The molecule has 0 bridgehead atoms. The van der Waals surface area contributed by atoms with Crippen molar-refractivity contribution in [3.8, 4) is 0 Å². The third kappa shape index (κ3) is 3.51. The van der Waals surface area contributed by atoms with Gasteiger partial charge >= 0.3 is 0 Å². The van der Waals surface area contributed by atoms with Gasteiger partial charge in [-0.25, -0.2) is 13.2 Å². The summed E-state index contributed by atoms with van der Waals surface area (Å²) in [5, 5.41) is -0.561. The number of benzene rings is 2. The second kappa shape index (κ2) is 5.66. The van der Waals surface area contributed by atoms with E-state index in [2.05, 4.69) is 0 Å². The molecule has 0 saturated heterocycles. The van der Waals surface area contributed by atoms with Crippen LogP contribution in [0.25, 0.3) is 0 Å². The lowest BCUT2D eigenvalue weighted by Crippen LogP contribution is -2.00. The maximum absolute atomic E-state index is 13.5. The molecule has 0 aliphatic carbocycles. The lowest BCUT2D eigenvalue weighted by Gasteiger charge is -2.12. The van der Waals surface area contributed by atoms with E-state index in [1.165, 1.54) is 24.3 Å². The summed E-state index contributed by atoms with van der Waals surface area (Å²) in [6.07, 6.45) is 0.177. The third-order valence-corrected chi connectivity index (χ3v) is 3.25. The van der Waals surface area contributed by atoms with Gasteiger partial charge in [0.2, 0.25) is 0 Å². The topological polar surface area (TPSA) is 0 Å². The molecule has 0 saturated carbocycles. The molecule has 0 heterocycles. The Morgan fingerprint density at radius 1 is 1.00 bits per heavy atom. The Labute approximate surface area is 114 Å². The minimum Gasteiger partial charge on any atom is -0.207 e. The molecule has 2 rings (SSSR count). The maximum atomic E-state index is 13.5. The summed E-state index contributed by atoms with van der Waals surface area (Å²) in [6, 6.07) is 7.82. The molecule has 0 aliphatic rings. The lowest BCUT2D eigenvalue weighted by molar-refractivity contribution is 0.570. The largest absolute Gasteiger partial charge is 0.207 e. The zero-order valence-corrected chi connectivity index (χ0v) is 11.0. The van der Waals surface area contributed by atoms with Crippen LogP contribution in [-0.4, -0.2) is 0 Å². The molecule has 0 spiro atoms. The summed E-state index contributed by atoms with van der Waals surface area (Å²) in [7, 11) is 0. The maximum Gasteiger partial charge on any atom is 0.129 e. The van der Waals surface area contributed by atoms with Crippen molar-refractivity contribution < 1.29 is 13.2 Å². The number of alkyl halides is 1. The summed E-state index contributed by atoms with van der Waals surface area (Å²) in [5.41, 5.74) is 1.64. The first-order chi connectivity index (χ1) is 8.95. The van der Waals surface area contributed by atoms with Crippen molar-refractivity contribution in [3.63, 3.8) is 0 Å². The minimum absolute atomic E-state index is 0.177. The molecular weight excluding hydrogens is 273 g/mol. The van der Waals surface area contributed by atoms with Gasteiger partial charge in [0, 0.05) is 6.07 Å². The molecule has 4 heteroatoms. The summed E-state index contributed by atoms with van der Waals surface area (Å²) in [6.45, 7) is 1.76. The van der Waals surface area contributed by atoms with E-state index in [-0.39, 0.29) is 12.2 Å².